The smallest absolute Gasteiger partial charge is 0.288 e. The predicted molar refractivity (Wildman–Crippen MR) is 85.6 cm³/mol. The quantitative estimate of drug-likeness (QED) is 0.800. The van der Waals surface area contributed by atoms with Gasteiger partial charge in [-0.2, -0.15) is 8.78 Å². The molecule has 0 saturated carbocycles. The van der Waals surface area contributed by atoms with Crippen molar-refractivity contribution in [2.45, 2.75) is 19.8 Å². The Bertz CT molecular complexity index is 930. The second-order valence-electron chi connectivity index (χ2n) is 5.60. The highest BCUT2D eigenvalue weighted by atomic mass is 19.3. The van der Waals surface area contributed by atoms with Crippen molar-refractivity contribution in [3.8, 4) is 11.3 Å². The maximum atomic E-state index is 13.5. The molecule has 0 aliphatic heterocycles. The number of hydrogen-bond donors (Lipinski definition) is 1. The molecule has 0 aromatic carbocycles. The van der Waals surface area contributed by atoms with Gasteiger partial charge in [0.15, 0.2) is 0 Å². The van der Waals surface area contributed by atoms with Crippen LogP contribution in [0.2, 0.25) is 0 Å². The van der Waals surface area contributed by atoms with Crippen LogP contribution in [0.5, 0.6) is 0 Å². The van der Waals surface area contributed by atoms with Gasteiger partial charge < -0.3 is 9.88 Å². The Kier molecular flexibility index (Phi) is 3.75. The third-order valence-corrected chi connectivity index (χ3v) is 3.54. The van der Waals surface area contributed by atoms with Crippen molar-refractivity contribution in [1.82, 2.24) is 19.5 Å². The second kappa shape index (κ2) is 5.63. The number of nitrogens with zero attached hydrogens (tertiary/aromatic N) is 4. The van der Waals surface area contributed by atoms with E-state index in [1.165, 1.54) is 13.1 Å². The molecule has 3 aromatic rings. The molecule has 0 aliphatic carbocycles. The first-order valence-corrected chi connectivity index (χ1v) is 7.19. The van der Waals surface area contributed by atoms with Gasteiger partial charge in [0.25, 0.3) is 5.92 Å². The van der Waals surface area contributed by atoms with E-state index < -0.39 is 11.6 Å². The molecule has 3 rings (SSSR count). The van der Waals surface area contributed by atoms with Crippen LogP contribution < -0.4 is 5.32 Å². The number of anilines is 1. The number of nitrogens with one attached hydrogen (secondary N) is 1. The number of amides is 1. The lowest BCUT2D eigenvalue weighted by Gasteiger charge is -2.10. The molecule has 1 amide bonds. The number of carbonyl (C=O) groups excluding carboxylic acids is 1. The van der Waals surface area contributed by atoms with Crippen molar-refractivity contribution < 1.29 is 13.6 Å². The molecule has 8 heteroatoms. The predicted octanol–water partition coefficient (Wildman–Crippen LogP) is 3.10. The minimum Gasteiger partial charge on any atom is -0.349 e. The zero-order chi connectivity index (χ0) is 17.5. The number of aryl methyl sites for hydroxylation is 1. The van der Waals surface area contributed by atoms with Gasteiger partial charge in [0.05, 0.1) is 29.8 Å². The van der Waals surface area contributed by atoms with Crippen LogP contribution >= 0.6 is 0 Å². The Hall–Kier alpha value is -2.90. The highest BCUT2D eigenvalue weighted by Crippen LogP contribution is 2.32. The summed E-state index contributed by atoms with van der Waals surface area (Å²) in [7, 11) is 1.82. The summed E-state index contributed by atoms with van der Waals surface area (Å²) >= 11 is 0. The van der Waals surface area contributed by atoms with Crippen LogP contribution in [0.25, 0.3) is 22.2 Å². The van der Waals surface area contributed by atoms with E-state index in [1.807, 2.05) is 11.6 Å². The molecule has 0 saturated heterocycles. The van der Waals surface area contributed by atoms with E-state index in [0.29, 0.717) is 17.1 Å². The summed E-state index contributed by atoms with van der Waals surface area (Å²) in [4.78, 5) is 23.3. The van der Waals surface area contributed by atoms with Crippen LogP contribution in [0.3, 0.4) is 0 Å². The van der Waals surface area contributed by atoms with Crippen LogP contribution in [0.15, 0.2) is 30.9 Å². The first-order valence-electron chi connectivity index (χ1n) is 7.19. The maximum Gasteiger partial charge on any atom is 0.288 e. The Morgan fingerprint density at radius 3 is 2.71 bits per heavy atom. The Morgan fingerprint density at radius 1 is 1.29 bits per heavy atom. The van der Waals surface area contributed by atoms with Crippen LogP contribution in [-0.2, 0) is 17.8 Å². The van der Waals surface area contributed by atoms with Crippen molar-refractivity contribution in [2.24, 2.45) is 7.05 Å². The fraction of sp³-hybridized carbons (Fsp3) is 0.250. The molecule has 3 heterocycles. The number of alkyl halides is 2. The number of rotatable bonds is 3. The second-order valence-corrected chi connectivity index (χ2v) is 5.60. The number of fused-ring (bicyclic) bond motifs is 1. The van der Waals surface area contributed by atoms with Crippen molar-refractivity contribution in [3.63, 3.8) is 0 Å². The van der Waals surface area contributed by atoms with Crippen LogP contribution in [-0.4, -0.2) is 25.4 Å². The zero-order valence-corrected chi connectivity index (χ0v) is 13.3. The largest absolute Gasteiger partial charge is 0.349 e. The lowest BCUT2D eigenvalue weighted by molar-refractivity contribution is -0.114. The summed E-state index contributed by atoms with van der Waals surface area (Å²) in [6, 6.07) is 1.69. The summed E-state index contributed by atoms with van der Waals surface area (Å²) in [6.07, 6.45) is 5.86. The average molecular weight is 331 g/mol. The van der Waals surface area contributed by atoms with E-state index >= 15 is 0 Å². The van der Waals surface area contributed by atoms with Gasteiger partial charge in [0, 0.05) is 38.0 Å². The van der Waals surface area contributed by atoms with Gasteiger partial charge in [-0.05, 0) is 6.07 Å². The fourth-order valence-electron chi connectivity index (χ4n) is 2.44. The monoisotopic (exact) mass is 331 g/mol. The van der Waals surface area contributed by atoms with Crippen molar-refractivity contribution in [1.29, 1.82) is 0 Å². The van der Waals surface area contributed by atoms with Gasteiger partial charge in [0.2, 0.25) is 5.91 Å². The summed E-state index contributed by atoms with van der Waals surface area (Å²) in [5.74, 6) is -2.93. The fourth-order valence-corrected chi connectivity index (χ4v) is 2.44. The summed E-state index contributed by atoms with van der Waals surface area (Å²) in [6.45, 7) is 2.17. The Labute approximate surface area is 136 Å². The van der Waals surface area contributed by atoms with Crippen LogP contribution in [0.1, 0.15) is 19.5 Å². The van der Waals surface area contributed by atoms with Crippen molar-refractivity contribution in [2.75, 3.05) is 5.32 Å². The van der Waals surface area contributed by atoms with Gasteiger partial charge in [-0.3, -0.25) is 9.78 Å². The number of aromatic nitrogens is 4. The lowest BCUT2D eigenvalue weighted by atomic mass is 10.1. The summed E-state index contributed by atoms with van der Waals surface area (Å²) < 4.78 is 28.8. The molecule has 24 heavy (non-hydrogen) atoms. The highest BCUT2D eigenvalue weighted by molar-refractivity contribution is 5.98. The van der Waals surface area contributed by atoms with Crippen LogP contribution in [0.4, 0.5) is 14.6 Å². The van der Waals surface area contributed by atoms with E-state index in [2.05, 4.69) is 20.3 Å². The normalized spacial score (nSPS) is 11.7. The van der Waals surface area contributed by atoms with Gasteiger partial charge in [-0.1, -0.05) is 0 Å². The molecule has 0 fully saturated rings. The molecule has 0 spiro atoms. The molecular formula is C16H15F2N5O. The third kappa shape index (κ3) is 2.94. The van der Waals surface area contributed by atoms with Gasteiger partial charge in [0.1, 0.15) is 11.5 Å². The summed E-state index contributed by atoms with van der Waals surface area (Å²) in [5, 5.41) is 3.34. The van der Waals surface area contributed by atoms with Gasteiger partial charge in [-0.25, -0.2) is 9.97 Å². The molecule has 3 aromatic heterocycles. The highest BCUT2D eigenvalue weighted by Gasteiger charge is 2.27. The first-order chi connectivity index (χ1) is 11.3. The lowest BCUT2D eigenvalue weighted by Crippen LogP contribution is -2.10. The number of halogens is 2. The summed E-state index contributed by atoms with van der Waals surface area (Å²) in [5.41, 5.74) is 1.36. The van der Waals surface area contributed by atoms with Gasteiger partial charge >= 0.3 is 0 Å². The molecule has 1 N–H and O–H groups in total. The molecule has 124 valence electrons. The zero-order valence-electron chi connectivity index (χ0n) is 13.3. The van der Waals surface area contributed by atoms with Crippen molar-refractivity contribution >= 4 is 22.6 Å². The first kappa shape index (κ1) is 16.0. The third-order valence-electron chi connectivity index (χ3n) is 3.54. The molecule has 0 radical (unpaired) electrons. The molecule has 0 atom stereocenters. The molecular weight excluding hydrogens is 316 g/mol. The van der Waals surface area contributed by atoms with Crippen molar-refractivity contribution in [3.05, 3.63) is 36.5 Å². The van der Waals surface area contributed by atoms with E-state index in [4.69, 9.17) is 0 Å². The van der Waals surface area contributed by atoms with Gasteiger partial charge in [-0.15, -0.1) is 0 Å². The molecule has 0 unspecified atom stereocenters. The molecule has 6 nitrogen and oxygen atoms in total. The van der Waals surface area contributed by atoms with Crippen LogP contribution in [0, 0.1) is 0 Å². The number of pyridine rings is 1. The van der Waals surface area contributed by atoms with E-state index in [9.17, 15) is 13.6 Å². The minimum absolute atomic E-state index is 0.244. The Morgan fingerprint density at radius 2 is 2.04 bits per heavy atom. The minimum atomic E-state index is -3.07. The Balaban J connectivity index is 2.17. The van der Waals surface area contributed by atoms with E-state index in [1.54, 1.807) is 18.5 Å². The topological polar surface area (TPSA) is 72.7 Å². The van der Waals surface area contributed by atoms with E-state index in [0.717, 1.165) is 24.0 Å². The molecule has 0 bridgehead atoms. The maximum absolute atomic E-state index is 13.5. The standard InChI is InChI=1S/C16H15F2N5O/c1-9(24)21-15-4-10-11(8-23(3)13(10)6-20-15)12-5-19-7-14(22-12)16(2,17)18/h4-8H,1-3H3,(H,20,21,24). The molecule has 0 aliphatic rings. The van der Waals surface area contributed by atoms with E-state index in [-0.39, 0.29) is 5.91 Å². The number of carbonyl (C=O) groups is 1. The SMILES string of the molecule is CC(=O)Nc1cc2c(-c3cncc(C(C)(F)F)n3)cn(C)c2cn1. The number of hydrogen-bond acceptors (Lipinski definition) is 4. The average Bonchev–Trinajstić information content (AvgIpc) is 2.83.